The fourth-order valence-electron chi connectivity index (χ4n) is 2.03. The van der Waals surface area contributed by atoms with E-state index in [2.05, 4.69) is 10.3 Å². The van der Waals surface area contributed by atoms with Crippen LogP contribution in [0.3, 0.4) is 0 Å². The van der Waals surface area contributed by atoms with Crippen LogP contribution in [-0.2, 0) is 9.53 Å². The Balaban J connectivity index is 2.19. The largest absolute Gasteiger partial charge is 0.469 e. The van der Waals surface area contributed by atoms with Gasteiger partial charge in [-0.3, -0.25) is 4.79 Å². The van der Waals surface area contributed by atoms with Crippen LogP contribution in [0.4, 0.5) is 0 Å². The molecule has 2 atom stereocenters. The molecule has 2 rings (SSSR count). The summed E-state index contributed by atoms with van der Waals surface area (Å²) in [6.45, 7) is 1.42. The van der Waals surface area contributed by atoms with E-state index < -0.39 is 0 Å². The Kier molecular flexibility index (Phi) is 3.41. The molecule has 2 unspecified atom stereocenters. The number of esters is 1. The van der Waals surface area contributed by atoms with Gasteiger partial charge in [-0.05, 0) is 11.6 Å². The number of hydrogen-bond acceptors (Lipinski definition) is 4. The lowest BCUT2D eigenvalue weighted by Gasteiger charge is -2.16. The van der Waals surface area contributed by atoms with Gasteiger partial charge >= 0.3 is 5.97 Å². The van der Waals surface area contributed by atoms with Crippen molar-refractivity contribution in [1.29, 1.82) is 0 Å². The molecule has 0 saturated carbocycles. The average Bonchev–Trinajstić information content (AvgIpc) is 2.78. The van der Waals surface area contributed by atoms with E-state index in [4.69, 9.17) is 16.3 Å². The molecule has 0 aliphatic carbocycles. The van der Waals surface area contributed by atoms with Gasteiger partial charge in [0.05, 0.1) is 13.0 Å². The molecule has 0 radical (unpaired) electrons. The Bertz CT molecular complexity index is 380. The molecule has 86 valence electrons. The van der Waals surface area contributed by atoms with Crippen molar-refractivity contribution in [3.63, 3.8) is 0 Å². The van der Waals surface area contributed by atoms with Crippen molar-refractivity contribution in [2.45, 2.75) is 5.92 Å². The molecule has 0 amide bonds. The SMILES string of the molecule is COC(=O)C1CNCC1c1ccc(Cl)nc1. The zero-order chi connectivity index (χ0) is 11.5. The molecule has 5 heteroatoms. The predicted octanol–water partition coefficient (Wildman–Crippen LogP) is 1.21. The lowest BCUT2D eigenvalue weighted by molar-refractivity contribution is -0.145. The number of pyridine rings is 1. The van der Waals surface area contributed by atoms with Gasteiger partial charge in [-0.25, -0.2) is 4.98 Å². The summed E-state index contributed by atoms with van der Waals surface area (Å²) in [5.41, 5.74) is 1.02. The zero-order valence-corrected chi connectivity index (χ0v) is 9.70. The Labute approximate surface area is 99.0 Å². The lowest BCUT2D eigenvalue weighted by atomic mass is 9.90. The summed E-state index contributed by atoms with van der Waals surface area (Å²) in [5.74, 6) is -0.185. The van der Waals surface area contributed by atoms with Crippen LogP contribution in [0, 0.1) is 5.92 Å². The Morgan fingerprint density at radius 1 is 1.56 bits per heavy atom. The summed E-state index contributed by atoms with van der Waals surface area (Å²) in [6.07, 6.45) is 1.72. The molecule has 2 heterocycles. The maximum absolute atomic E-state index is 11.6. The van der Waals surface area contributed by atoms with Crippen LogP contribution < -0.4 is 5.32 Å². The van der Waals surface area contributed by atoms with Gasteiger partial charge < -0.3 is 10.1 Å². The van der Waals surface area contributed by atoms with E-state index in [0.29, 0.717) is 11.7 Å². The number of carbonyl (C=O) groups is 1. The monoisotopic (exact) mass is 240 g/mol. The van der Waals surface area contributed by atoms with Crippen LogP contribution >= 0.6 is 11.6 Å². The molecule has 16 heavy (non-hydrogen) atoms. The number of carbonyl (C=O) groups excluding carboxylic acids is 1. The number of rotatable bonds is 2. The first-order valence-corrected chi connectivity index (χ1v) is 5.50. The number of methoxy groups -OCH3 is 1. The third-order valence-corrected chi connectivity index (χ3v) is 3.12. The molecular weight excluding hydrogens is 228 g/mol. The molecule has 1 N–H and O–H groups in total. The molecule has 4 nitrogen and oxygen atoms in total. The lowest BCUT2D eigenvalue weighted by Crippen LogP contribution is -2.23. The molecule has 0 bridgehead atoms. The van der Waals surface area contributed by atoms with E-state index in [0.717, 1.165) is 12.1 Å². The summed E-state index contributed by atoms with van der Waals surface area (Å²) in [4.78, 5) is 15.6. The van der Waals surface area contributed by atoms with Crippen LogP contribution in [0.2, 0.25) is 5.15 Å². The van der Waals surface area contributed by atoms with Gasteiger partial charge in [0.1, 0.15) is 5.15 Å². The van der Waals surface area contributed by atoms with Gasteiger partial charge in [-0.2, -0.15) is 0 Å². The second kappa shape index (κ2) is 4.80. The van der Waals surface area contributed by atoms with E-state index in [1.807, 2.05) is 6.07 Å². The van der Waals surface area contributed by atoms with Crippen molar-refractivity contribution >= 4 is 17.6 Å². The minimum atomic E-state index is -0.176. The Hall–Kier alpha value is -1.13. The number of halogens is 1. The van der Waals surface area contributed by atoms with E-state index in [9.17, 15) is 4.79 Å². The highest BCUT2D eigenvalue weighted by molar-refractivity contribution is 6.29. The quantitative estimate of drug-likeness (QED) is 0.624. The first-order chi connectivity index (χ1) is 7.72. The molecule has 0 aromatic carbocycles. The van der Waals surface area contributed by atoms with Gasteiger partial charge in [0.2, 0.25) is 0 Å². The van der Waals surface area contributed by atoms with Crippen molar-refractivity contribution in [3.05, 3.63) is 29.0 Å². The molecule has 1 aliphatic rings. The summed E-state index contributed by atoms with van der Waals surface area (Å²) >= 11 is 5.73. The standard InChI is InChI=1S/C11H13ClN2O2/c1-16-11(15)9-6-13-5-8(9)7-2-3-10(12)14-4-7/h2-4,8-9,13H,5-6H2,1H3. The Morgan fingerprint density at radius 3 is 3.00 bits per heavy atom. The Morgan fingerprint density at radius 2 is 2.38 bits per heavy atom. The van der Waals surface area contributed by atoms with E-state index in [1.165, 1.54) is 7.11 Å². The fourth-order valence-corrected chi connectivity index (χ4v) is 2.15. The average molecular weight is 241 g/mol. The van der Waals surface area contributed by atoms with Gasteiger partial charge in [0.25, 0.3) is 0 Å². The minimum Gasteiger partial charge on any atom is -0.469 e. The molecule has 0 spiro atoms. The first kappa shape index (κ1) is 11.4. The summed E-state index contributed by atoms with van der Waals surface area (Å²) in [7, 11) is 1.41. The normalized spacial score (nSPS) is 24.4. The van der Waals surface area contributed by atoms with Crippen molar-refractivity contribution in [2.75, 3.05) is 20.2 Å². The van der Waals surface area contributed by atoms with Gasteiger partial charge in [-0.15, -0.1) is 0 Å². The third-order valence-electron chi connectivity index (χ3n) is 2.90. The van der Waals surface area contributed by atoms with E-state index >= 15 is 0 Å². The number of nitrogens with zero attached hydrogens (tertiary/aromatic N) is 1. The van der Waals surface area contributed by atoms with Gasteiger partial charge in [0, 0.05) is 25.2 Å². The summed E-state index contributed by atoms with van der Waals surface area (Å²) in [5, 5.41) is 3.65. The zero-order valence-electron chi connectivity index (χ0n) is 8.94. The molecule has 1 aliphatic heterocycles. The molecular formula is C11H13ClN2O2. The molecule has 1 saturated heterocycles. The smallest absolute Gasteiger partial charge is 0.310 e. The first-order valence-electron chi connectivity index (χ1n) is 5.12. The van der Waals surface area contributed by atoms with Crippen LogP contribution in [0.25, 0.3) is 0 Å². The van der Waals surface area contributed by atoms with Crippen LogP contribution in [0.1, 0.15) is 11.5 Å². The third kappa shape index (κ3) is 2.18. The second-order valence-electron chi connectivity index (χ2n) is 3.81. The second-order valence-corrected chi connectivity index (χ2v) is 4.20. The van der Waals surface area contributed by atoms with Crippen molar-refractivity contribution < 1.29 is 9.53 Å². The van der Waals surface area contributed by atoms with Crippen LogP contribution in [0.5, 0.6) is 0 Å². The van der Waals surface area contributed by atoms with Gasteiger partial charge in [-0.1, -0.05) is 17.7 Å². The van der Waals surface area contributed by atoms with Crippen molar-refractivity contribution in [2.24, 2.45) is 5.92 Å². The highest BCUT2D eigenvalue weighted by Crippen LogP contribution is 2.28. The number of ether oxygens (including phenoxy) is 1. The highest BCUT2D eigenvalue weighted by Gasteiger charge is 2.34. The van der Waals surface area contributed by atoms with E-state index in [-0.39, 0.29) is 17.8 Å². The van der Waals surface area contributed by atoms with Crippen molar-refractivity contribution in [1.82, 2.24) is 10.3 Å². The highest BCUT2D eigenvalue weighted by atomic mass is 35.5. The van der Waals surface area contributed by atoms with Crippen LogP contribution in [-0.4, -0.2) is 31.2 Å². The molecule has 1 aromatic rings. The molecule has 1 aromatic heterocycles. The number of aromatic nitrogens is 1. The topological polar surface area (TPSA) is 51.2 Å². The van der Waals surface area contributed by atoms with Crippen LogP contribution in [0.15, 0.2) is 18.3 Å². The number of hydrogen-bond donors (Lipinski definition) is 1. The summed E-state index contributed by atoms with van der Waals surface area (Å²) < 4.78 is 4.78. The van der Waals surface area contributed by atoms with E-state index in [1.54, 1.807) is 12.3 Å². The fraction of sp³-hybridized carbons (Fsp3) is 0.455. The molecule has 1 fully saturated rings. The van der Waals surface area contributed by atoms with Gasteiger partial charge in [0.15, 0.2) is 0 Å². The number of nitrogens with one attached hydrogen (secondary N) is 1. The summed E-state index contributed by atoms with van der Waals surface area (Å²) in [6, 6.07) is 3.65. The van der Waals surface area contributed by atoms with Crippen molar-refractivity contribution in [3.8, 4) is 0 Å². The minimum absolute atomic E-state index is 0.122. The maximum atomic E-state index is 11.6. The predicted molar refractivity (Wildman–Crippen MR) is 60.4 cm³/mol. The maximum Gasteiger partial charge on any atom is 0.310 e.